The van der Waals surface area contributed by atoms with Crippen molar-refractivity contribution < 1.29 is 24.1 Å². The maximum atomic E-state index is 12.5. The summed E-state index contributed by atoms with van der Waals surface area (Å²) in [4.78, 5) is 19.4. The lowest BCUT2D eigenvalue weighted by Gasteiger charge is -2.43. The van der Waals surface area contributed by atoms with E-state index in [4.69, 9.17) is 19.2 Å². The Labute approximate surface area is 264 Å². The Bertz CT molecular complexity index is 1160. The first-order valence-electron chi connectivity index (χ1n) is 17.3. The molecule has 1 saturated carbocycles. The number of ether oxygens (including phenoxy) is 3. The molecule has 1 atom stereocenters. The summed E-state index contributed by atoms with van der Waals surface area (Å²) in [7, 11) is 0. The van der Waals surface area contributed by atoms with Crippen molar-refractivity contribution in [2.45, 2.75) is 116 Å². The molecule has 0 bridgehead atoms. The predicted octanol–water partition coefficient (Wildman–Crippen LogP) is 7.17. The van der Waals surface area contributed by atoms with Crippen molar-refractivity contribution in [1.29, 1.82) is 0 Å². The summed E-state index contributed by atoms with van der Waals surface area (Å²) < 4.78 is 18.0. The Hall–Kier alpha value is -2.68. The molecule has 1 aromatic carbocycles. The Balaban J connectivity index is 0.00000106. The van der Waals surface area contributed by atoms with Crippen LogP contribution in [-0.2, 0) is 27.1 Å². The molecular formula is C36H55N3O5. The highest BCUT2D eigenvalue weighted by Gasteiger charge is 2.41. The summed E-state index contributed by atoms with van der Waals surface area (Å²) in [5.74, 6) is 1.54. The molecule has 2 aromatic rings. The van der Waals surface area contributed by atoms with Crippen LogP contribution in [0.2, 0.25) is 0 Å². The highest BCUT2D eigenvalue weighted by atomic mass is 16.5. The minimum absolute atomic E-state index is 0.0984. The van der Waals surface area contributed by atoms with Gasteiger partial charge in [-0.1, -0.05) is 52.3 Å². The predicted molar refractivity (Wildman–Crippen MR) is 176 cm³/mol. The Morgan fingerprint density at radius 3 is 2.52 bits per heavy atom. The van der Waals surface area contributed by atoms with Crippen LogP contribution in [0.3, 0.4) is 0 Å². The molecule has 2 N–H and O–H groups in total. The lowest BCUT2D eigenvalue weighted by Crippen LogP contribution is -2.55. The quantitative estimate of drug-likeness (QED) is 0.231. The number of hydrogen-bond acceptors (Lipinski definition) is 7. The van der Waals surface area contributed by atoms with E-state index in [9.17, 15) is 9.90 Å². The van der Waals surface area contributed by atoms with Crippen LogP contribution in [0.15, 0.2) is 30.3 Å². The van der Waals surface area contributed by atoms with E-state index in [0.717, 1.165) is 113 Å². The molecule has 244 valence electrons. The van der Waals surface area contributed by atoms with Crippen molar-refractivity contribution in [3.8, 4) is 5.75 Å². The number of nitrogens with zero attached hydrogens (tertiary/aromatic N) is 2. The van der Waals surface area contributed by atoms with Crippen molar-refractivity contribution >= 4 is 11.8 Å². The standard InChI is InChI=1S/C32H43N3O5.2C2H6/c36-32(37)30(27-8-4-9-28(29(27)22-10-11-22)40-25-14-18-38-19-15-25)35-20-26(21-35)39-17-3-1-2-7-24-13-12-23-6-5-16-33-31(23)34-24;2*1-2/h4,8-9,12-13,22,25-26,30H,1-3,5-7,10-11,14-21H2,(H,33,34)(H,36,37);2*1-2H3. The second kappa shape index (κ2) is 17.7. The highest BCUT2D eigenvalue weighted by Crippen LogP contribution is 2.49. The van der Waals surface area contributed by atoms with E-state index >= 15 is 0 Å². The van der Waals surface area contributed by atoms with Crippen LogP contribution in [0.25, 0.3) is 0 Å². The number of benzene rings is 1. The number of pyridine rings is 1. The molecule has 2 saturated heterocycles. The number of rotatable bonds is 13. The van der Waals surface area contributed by atoms with Gasteiger partial charge >= 0.3 is 5.97 Å². The number of anilines is 1. The van der Waals surface area contributed by atoms with Gasteiger partial charge in [0.25, 0.3) is 0 Å². The van der Waals surface area contributed by atoms with Crippen molar-refractivity contribution in [2.75, 3.05) is 44.8 Å². The van der Waals surface area contributed by atoms with Gasteiger partial charge in [-0.3, -0.25) is 9.69 Å². The number of aromatic nitrogens is 1. The van der Waals surface area contributed by atoms with Gasteiger partial charge in [-0.05, 0) is 74.1 Å². The molecule has 1 aromatic heterocycles. The third-order valence-electron chi connectivity index (χ3n) is 8.70. The molecule has 0 spiro atoms. The first-order valence-corrected chi connectivity index (χ1v) is 17.3. The van der Waals surface area contributed by atoms with Gasteiger partial charge in [0.05, 0.1) is 19.3 Å². The summed E-state index contributed by atoms with van der Waals surface area (Å²) in [6, 6.07) is 9.70. The monoisotopic (exact) mass is 609 g/mol. The summed E-state index contributed by atoms with van der Waals surface area (Å²) in [5, 5.41) is 13.7. The number of carboxylic acids is 1. The van der Waals surface area contributed by atoms with Gasteiger partial charge in [0.1, 0.15) is 23.7 Å². The maximum Gasteiger partial charge on any atom is 0.325 e. The lowest BCUT2D eigenvalue weighted by molar-refractivity contribution is -0.151. The number of fused-ring (bicyclic) bond motifs is 1. The van der Waals surface area contributed by atoms with E-state index in [0.29, 0.717) is 19.0 Å². The van der Waals surface area contributed by atoms with Crippen LogP contribution in [0.1, 0.15) is 113 Å². The fourth-order valence-electron chi connectivity index (χ4n) is 6.30. The molecule has 8 nitrogen and oxygen atoms in total. The van der Waals surface area contributed by atoms with Gasteiger partial charge < -0.3 is 24.6 Å². The Morgan fingerprint density at radius 2 is 1.80 bits per heavy atom. The van der Waals surface area contributed by atoms with Crippen molar-refractivity contribution in [3.63, 3.8) is 0 Å². The zero-order valence-corrected chi connectivity index (χ0v) is 27.5. The van der Waals surface area contributed by atoms with Crippen LogP contribution in [0, 0.1) is 0 Å². The topological polar surface area (TPSA) is 93.2 Å². The van der Waals surface area contributed by atoms with Crippen LogP contribution in [0.4, 0.5) is 5.82 Å². The largest absolute Gasteiger partial charge is 0.490 e. The zero-order chi connectivity index (χ0) is 31.3. The first kappa shape index (κ1) is 34.2. The second-order valence-electron chi connectivity index (χ2n) is 11.8. The number of nitrogens with one attached hydrogen (secondary N) is 1. The van der Waals surface area contributed by atoms with Gasteiger partial charge in [-0.2, -0.15) is 0 Å². The molecule has 0 radical (unpaired) electrons. The number of carboxylic acid groups (broad SMARTS) is 1. The summed E-state index contributed by atoms with van der Waals surface area (Å²) >= 11 is 0. The van der Waals surface area contributed by atoms with Gasteiger partial charge in [0.15, 0.2) is 0 Å². The Morgan fingerprint density at radius 1 is 1.02 bits per heavy atom. The normalized spacial score (nSPS) is 19.2. The van der Waals surface area contributed by atoms with Crippen LogP contribution >= 0.6 is 0 Å². The third-order valence-corrected chi connectivity index (χ3v) is 8.70. The van der Waals surface area contributed by atoms with Crippen molar-refractivity contribution in [2.24, 2.45) is 0 Å². The molecule has 8 heteroatoms. The highest BCUT2D eigenvalue weighted by molar-refractivity contribution is 5.77. The SMILES string of the molecule is CC.CC.O=C(O)C(c1cccc(OC2CCOCC2)c1C1CC1)N1CC(OCCCCCc2ccc3c(n2)NCCC3)C1. The van der Waals surface area contributed by atoms with Crippen LogP contribution in [0.5, 0.6) is 5.75 Å². The average Bonchev–Trinajstić information content (AvgIpc) is 3.89. The molecule has 4 heterocycles. The number of aliphatic carboxylic acids is 1. The molecular weight excluding hydrogens is 554 g/mol. The Kier molecular flexibility index (Phi) is 13.8. The van der Waals surface area contributed by atoms with E-state index in [2.05, 4.69) is 17.4 Å². The number of aryl methyl sites for hydroxylation is 2. The molecule has 4 aliphatic rings. The maximum absolute atomic E-state index is 12.5. The third kappa shape index (κ3) is 9.18. The number of unbranched alkanes of at least 4 members (excludes halogenated alkanes) is 2. The molecule has 6 rings (SSSR count). The van der Waals surface area contributed by atoms with E-state index in [1.807, 2.05) is 50.8 Å². The molecule has 1 aliphatic carbocycles. The lowest BCUT2D eigenvalue weighted by atomic mass is 9.92. The fraction of sp³-hybridized carbons (Fsp3) is 0.667. The van der Waals surface area contributed by atoms with Crippen LogP contribution in [-0.4, -0.2) is 72.6 Å². The van der Waals surface area contributed by atoms with Gasteiger partial charge in [0.2, 0.25) is 0 Å². The van der Waals surface area contributed by atoms with Crippen LogP contribution < -0.4 is 10.1 Å². The molecule has 3 fully saturated rings. The van der Waals surface area contributed by atoms with Gasteiger partial charge in [0, 0.05) is 50.3 Å². The zero-order valence-electron chi connectivity index (χ0n) is 27.5. The number of likely N-dealkylation sites (tertiary alicyclic amines) is 1. The van der Waals surface area contributed by atoms with Gasteiger partial charge in [-0.15, -0.1) is 0 Å². The summed E-state index contributed by atoms with van der Waals surface area (Å²) in [6.07, 6.45) is 10.7. The fourth-order valence-corrected chi connectivity index (χ4v) is 6.30. The first-order chi connectivity index (χ1) is 21.7. The van der Waals surface area contributed by atoms with E-state index in [1.54, 1.807) is 0 Å². The minimum Gasteiger partial charge on any atom is -0.490 e. The van der Waals surface area contributed by atoms with E-state index < -0.39 is 12.0 Å². The smallest absolute Gasteiger partial charge is 0.325 e. The number of carbonyl (C=O) groups is 1. The van der Waals surface area contributed by atoms with Crippen molar-refractivity contribution in [1.82, 2.24) is 9.88 Å². The van der Waals surface area contributed by atoms with Gasteiger partial charge in [-0.25, -0.2) is 4.98 Å². The summed E-state index contributed by atoms with van der Waals surface area (Å²) in [5.41, 5.74) is 4.50. The average molecular weight is 610 g/mol. The van der Waals surface area contributed by atoms with E-state index in [1.165, 1.54) is 12.0 Å². The van der Waals surface area contributed by atoms with Crippen molar-refractivity contribution in [3.05, 3.63) is 52.7 Å². The second-order valence-corrected chi connectivity index (χ2v) is 11.8. The molecule has 1 unspecified atom stereocenters. The molecule has 44 heavy (non-hydrogen) atoms. The molecule has 0 amide bonds. The minimum atomic E-state index is -0.797. The molecule has 3 aliphatic heterocycles. The summed E-state index contributed by atoms with van der Waals surface area (Å²) in [6.45, 7) is 12.5. The van der Waals surface area contributed by atoms with E-state index in [-0.39, 0.29) is 12.2 Å². The number of hydrogen-bond donors (Lipinski definition) is 2.